The highest BCUT2D eigenvalue weighted by Crippen LogP contribution is 2.24. The predicted molar refractivity (Wildman–Crippen MR) is 86.5 cm³/mol. The minimum atomic E-state index is -0.103. The molecule has 3 aromatic rings. The summed E-state index contributed by atoms with van der Waals surface area (Å²) in [4.78, 5) is 12.5. The lowest BCUT2D eigenvalue weighted by atomic mass is 9.98. The second-order valence-corrected chi connectivity index (χ2v) is 5.18. The van der Waals surface area contributed by atoms with Crippen molar-refractivity contribution in [2.24, 2.45) is 0 Å². The van der Waals surface area contributed by atoms with Crippen LogP contribution in [0.2, 0.25) is 0 Å². The quantitative estimate of drug-likeness (QED) is 0.783. The van der Waals surface area contributed by atoms with Crippen molar-refractivity contribution in [3.63, 3.8) is 0 Å². The largest absolute Gasteiger partial charge is 0.467 e. The van der Waals surface area contributed by atoms with E-state index in [-0.39, 0.29) is 5.91 Å². The Morgan fingerprint density at radius 3 is 2.68 bits per heavy atom. The third kappa shape index (κ3) is 3.09. The van der Waals surface area contributed by atoms with Crippen LogP contribution in [-0.2, 0) is 6.54 Å². The van der Waals surface area contributed by atoms with Gasteiger partial charge in [0, 0.05) is 5.56 Å². The van der Waals surface area contributed by atoms with Crippen LogP contribution >= 0.6 is 0 Å². The molecule has 0 aliphatic carbocycles. The number of amides is 1. The Kier molecular flexibility index (Phi) is 4.05. The van der Waals surface area contributed by atoms with Crippen molar-refractivity contribution >= 4 is 5.91 Å². The van der Waals surface area contributed by atoms with Gasteiger partial charge in [-0.3, -0.25) is 4.79 Å². The monoisotopic (exact) mass is 291 g/mol. The molecular formula is C19H17NO2. The zero-order valence-corrected chi connectivity index (χ0v) is 12.4. The number of furan rings is 1. The molecule has 110 valence electrons. The van der Waals surface area contributed by atoms with Crippen LogP contribution in [0.5, 0.6) is 0 Å². The molecule has 0 saturated heterocycles. The average molecular weight is 291 g/mol. The molecule has 1 aromatic heterocycles. The van der Waals surface area contributed by atoms with Gasteiger partial charge in [0.05, 0.1) is 12.8 Å². The van der Waals surface area contributed by atoms with Crippen LogP contribution in [0, 0.1) is 6.92 Å². The molecule has 3 nitrogen and oxygen atoms in total. The lowest BCUT2D eigenvalue weighted by Crippen LogP contribution is -2.23. The van der Waals surface area contributed by atoms with E-state index in [9.17, 15) is 4.79 Å². The number of rotatable bonds is 4. The molecule has 3 heteroatoms. The summed E-state index contributed by atoms with van der Waals surface area (Å²) in [6.45, 7) is 2.43. The standard InChI is InChI=1S/C19H17NO2/c1-14-6-4-7-15(12-14)17-9-2-3-10-18(17)19(21)20-13-16-8-5-11-22-16/h2-12H,13H2,1H3,(H,20,21). The zero-order valence-electron chi connectivity index (χ0n) is 12.4. The van der Waals surface area contributed by atoms with Crippen LogP contribution in [-0.4, -0.2) is 5.91 Å². The van der Waals surface area contributed by atoms with E-state index in [4.69, 9.17) is 4.42 Å². The van der Waals surface area contributed by atoms with Gasteiger partial charge >= 0.3 is 0 Å². The van der Waals surface area contributed by atoms with Gasteiger partial charge in [-0.15, -0.1) is 0 Å². The molecule has 0 unspecified atom stereocenters. The van der Waals surface area contributed by atoms with E-state index in [0.29, 0.717) is 12.1 Å². The molecule has 0 bridgehead atoms. The third-order valence-electron chi connectivity index (χ3n) is 3.50. The van der Waals surface area contributed by atoms with Gasteiger partial charge in [0.2, 0.25) is 0 Å². The fourth-order valence-electron chi connectivity index (χ4n) is 2.42. The van der Waals surface area contributed by atoms with Gasteiger partial charge in [0.25, 0.3) is 5.91 Å². The first-order valence-electron chi connectivity index (χ1n) is 7.21. The highest BCUT2D eigenvalue weighted by Gasteiger charge is 2.12. The fraction of sp³-hybridized carbons (Fsp3) is 0.105. The highest BCUT2D eigenvalue weighted by atomic mass is 16.3. The zero-order chi connectivity index (χ0) is 15.4. The molecule has 0 saturated carbocycles. The number of aryl methyl sites for hydroxylation is 1. The Morgan fingerprint density at radius 1 is 1.05 bits per heavy atom. The van der Waals surface area contributed by atoms with E-state index >= 15 is 0 Å². The van der Waals surface area contributed by atoms with Crippen LogP contribution in [0.25, 0.3) is 11.1 Å². The molecule has 0 fully saturated rings. The number of hydrogen-bond donors (Lipinski definition) is 1. The molecule has 0 aliphatic heterocycles. The maximum absolute atomic E-state index is 12.5. The number of carbonyl (C=O) groups is 1. The lowest BCUT2D eigenvalue weighted by molar-refractivity contribution is 0.0948. The van der Waals surface area contributed by atoms with Crippen molar-refractivity contribution in [3.8, 4) is 11.1 Å². The van der Waals surface area contributed by atoms with Crippen LogP contribution in [0.4, 0.5) is 0 Å². The second kappa shape index (κ2) is 6.31. The molecule has 1 amide bonds. The molecule has 1 heterocycles. The van der Waals surface area contributed by atoms with E-state index in [1.54, 1.807) is 6.26 Å². The summed E-state index contributed by atoms with van der Waals surface area (Å²) in [5.74, 6) is 0.634. The average Bonchev–Trinajstić information content (AvgIpc) is 3.06. The predicted octanol–water partition coefficient (Wildman–Crippen LogP) is 4.19. The summed E-state index contributed by atoms with van der Waals surface area (Å²) in [7, 11) is 0. The molecule has 0 aliphatic rings. The van der Waals surface area contributed by atoms with Gasteiger partial charge in [0.1, 0.15) is 5.76 Å². The van der Waals surface area contributed by atoms with Crippen LogP contribution in [0.3, 0.4) is 0 Å². The van der Waals surface area contributed by atoms with Gasteiger partial charge < -0.3 is 9.73 Å². The Bertz CT molecular complexity index is 776. The van der Waals surface area contributed by atoms with E-state index in [0.717, 1.165) is 16.9 Å². The second-order valence-electron chi connectivity index (χ2n) is 5.18. The Hall–Kier alpha value is -2.81. The molecular weight excluding hydrogens is 274 g/mol. The fourth-order valence-corrected chi connectivity index (χ4v) is 2.42. The number of hydrogen-bond acceptors (Lipinski definition) is 2. The molecule has 1 N–H and O–H groups in total. The Morgan fingerprint density at radius 2 is 1.91 bits per heavy atom. The number of nitrogens with one attached hydrogen (secondary N) is 1. The number of benzene rings is 2. The molecule has 22 heavy (non-hydrogen) atoms. The van der Waals surface area contributed by atoms with Crippen LogP contribution < -0.4 is 5.32 Å². The lowest BCUT2D eigenvalue weighted by Gasteiger charge is -2.10. The summed E-state index contributed by atoms with van der Waals surface area (Å²) in [5, 5.41) is 2.89. The first kappa shape index (κ1) is 14.1. The third-order valence-corrected chi connectivity index (χ3v) is 3.50. The van der Waals surface area contributed by atoms with Gasteiger partial charge in [-0.2, -0.15) is 0 Å². The van der Waals surface area contributed by atoms with Gasteiger partial charge in [0.15, 0.2) is 0 Å². The Labute approximate surface area is 129 Å². The smallest absolute Gasteiger partial charge is 0.252 e. The van der Waals surface area contributed by atoms with E-state index in [1.165, 1.54) is 5.56 Å². The highest BCUT2D eigenvalue weighted by molar-refractivity contribution is 6.00. The van der Waals surface area contributed by atoms with Gasteiger partial charge in [-0.05, 0) is 36.2 Å². The topological polar surface area (TPSA) is 42.2 Å². The van der Waals surface area contributed by atoms with Crippen molar-refractivity contribution in [2.45, 2.75) is 13.5 Å². The number of carbonyl (C=O) groups excluding carboxylic acids is 1. The maximum Gasteiger partial charge on any atom is 0.252 e. The molecule has 2 aromatic carbocycles. The summed E-state index contributed by atoms with van der Waals surface area (Å²) in [6.07, 6.45) is 1.60. The Balaban J connectivity index is 1.86. The SMILES string of the molecule is Cc1cccc(-c2ccccc2C(=O)NCc2ccco2)c1. The minimum absolute atomic E-state index is 0.103. The van der Waals surface area contributed by atoms with E-state index in [1.807, 2.05) is 61.5 Å². The minimum Gasteiger partial charge on any atom is -0.467 e. The summed E-state index contributed by atoms with van der Waals surface area (Å²) in [5.41, 5.74) is 3.81. The van der Waals surface area contributed by atoms with Crippen molar-refractivity contribution in [3.05, 3.63) is 83.8 Å². The normalized spacial score (nSPS) is 10.4. The van der Waals surface area contributed by atoms with Crippen molar-refractivity contribution < 1.29 is 9.21 Å². The molecule has 3 rings (SSSR count). The molecule has 0 spiro atoms. The van der Waals surface area contributed by atoms with Crippen LogP contribution in [0.1, 0.15) is 21.7 Å². The van der Waals surface area contributed by atoms with Gasteiger partial charge in [-0.25, -0.2) is 0 Å². The van der Waals surface area contributed by atoms with E-state index in [2.05, 4.69) is 11.4 Å². The van der Waals surface area contributed by atoms with Crippen molar-refractivity contribution in [1.29, 1.82) is 0 Å². The van der Waals surface area contributed by atoms with Crippen molar-refractivity contribution in [1.82, 2.24) is 5.32 Å². The van der Waals surface area contributed by atoms with Gasteiger partial charge in [-0.1, -0.05) is 48.0 Å². The summed E-state index contributed by atoms with van der Waals surface area (Å²) in [6, 6.07) is 19.4. The van der Waals surface area contributed by atoms with Crippen LogP contribution in [0.15, 0.2) is 71.3 Å². The summed E-state index contributed by atoms with van der Waals surface area (Å²) >= 11 is 0. The summed E-state index contributed by atoms with van der Waals surface area (Å²) < 4.78 is 5.24. The van der Waals surface area contributed by atoms with Crippen molar-refractivity contribution in [2.75, 3.05) is 0 Å². The first-order valence-corrected chi connectivity index (χ1v) is 7.21. The first-order chi connectivity index (χ1) is 10.7. The molecule has 0 atom stereocenters. The molecule has 0 radical (unpaired) electrons. The maximum atomic E-state index is 12.5. The van der Waals surface area contributed by atoms with E-state index < -0.39 is 0 Å².